The second-order valence-corrected chi connectivity index (χ2v) is 4.53. The van der Waals surface area contributed by atoms with Crippen molar-refractivity contribution in [3.05, 3.63) is 40.2 Å². The molecule has 2 heterocycles. The van der Waals surface area contributed by atoms with Crippen molar-refractivity contribution < 1.29 is 9.90 Å². The maximum absolute atomic E-state index is 10.8. The average molecular weight is 263 g/mol. The molecule has 0 atom stereocenters. The summed E-state index contributed by atoms with van der Waals surface area (Å²) in [6.07, 6.45) is 0.849. The molecule has 0 aliphatic rings. The maximum atomic E-state index is 10.8. The normalized spacial score (nSPS) is 10.2. The Morgan fingerprint density at radius 3 is 2.94 bits per heavy atom. The summed E-state index contributed by atoms with van der Waals surface area (Å²) in [7, 11) is 0. The Bertz CT molecular complexity index is 540. The Morgan fingerprint density at radius 2 is 2.28 bits per heavy atom. The monoisotopic (exact) mass is 263 g/mol. The molecule has 0 unspecified atom stereocenters. The van der Waals surface area contributed by atoms with Crippen LogP contribution in [0.1, 0.15) is 16.1 Å². The molecule has 0 aliphatic carbocycles. The van der Waals surface area contributed by atoms with Crippen LogP contribution in [0, 0.1) is 0 Å². The van der Waals surface area contributed by atoms with E-state index in [1.165, 1.54) is 11.6 Å². The molecular weight excluding hydrogens is 250 g/mol. The third-order valence-corrected chi connectivity index (χ3v) is 3.16. The van der Waals surface area contributed by atoms with Gasteiger partial charge in [-0.05, 0) is 40.9 Å². The number of thiophene rings is 1. The molecule has 2 aromatic heterocycles. The van der Waals surface area contributed by atoms with E-state index in [4.69, 9.17) is 10.8 Å². The molecule has 6 heteroatoms. The highest BCUT2D eigenvalue weighted by atomic mass is 32.1. The Morgan fingerprint density at radius 1 is 1.44 bits per heavy atom. The SMILES string of the molecule is Nc1ccc(C(=O)O)nc1NCCc1ccsc1. The van der Waals surface area contributed by atoms with Gasteiger partial charge in [-0.2, -0.15) is 11.3 Å². The molecule has 5 nitrogen and oxygen atoms in total. The zero-order chi connectivity index (χ0) is 13.0. The Labute approximate surface area is 108 Å². The van der Waals surface area contributed by atoms with E-state index in [9.17, 15) is 4.79 Å². The third-order valence-electron chi connectivity index (χ3n) is 2.43. The third kappa shape index (κ3) is 2.98. The van der Waals surface area contributed by atoms with E-state index in [2.05, 4.69) is 21.7 Å². The van der Waals surface area contributed by atoms with Crippen LogP contribution < -0.4 is 11.1 Å². The largest absolute Gasteiger partial charge is 0.477 e. The lowest BCUT2D eigenvalue weighted by Crippen LogP contribution is -2.10. The molecule has 0 aromatic carbocycles. The number of carboxylic acids is 1. The van der Waals surface area contributed by atoms with Gasteiger partial charge >= 0.3 is 5.97 Å². The molecule has 0 bridgehead atoms. The Balaban J connectivity index is 2.00. The number of aromatic carboxylic acids is 1. The predicted molar refractivity (Wildman–Crippen MR) is 72.1 cm³/mol. The number of pyridine rings is 1. The number of anilines is 2. The molecular formula is C12H13N3O2S. The number of carboxylic acid groups (broad SMARTS) is 1. The van der Waals surface area contributed by atoms with Gasteiger partial charge in [0, 0.05) is 6.54 Å². The lowest BCUT2D eigenvalue weighted by Gasteiger charge is -2.08. The van der Waals surface area contributed by atoms with Crippen LogP contribution in [-0.2, 0) is 6.42 Å². The van der Waals surface area contributed by atoms with E-state index >= 15 is 0 Å². The fourth-order valence-electron chi connectivity index (χ4n) is 1.49. The van der Waals surface area contributed by atoms with Gasteiger partial charge in [-0.3, -0.25) is 0 Å². The highest BCUT2D eigenvalue weighted by Crippen LogP contribution is 2.16. The van der Waals surface area contributed by atoms with Crippen LogP contribution in [-0.4, -0.2) is 22.6 Å². The van der Waals surface area contributed by atoms with Crippen molar-refractivity contribution in [2.24, 2.45) is 0 Å². The summed E-state index contributed by atoms with van der Waals surface area (Å²) in [5.74, 6) is -0.638. The van der Waals surface area contributed by atoms with Crippen LogP contribution in [0.25, 0.3) is 0 Å². The zero-order valence-corrected chi connectivity index (χ0v) is 10.4. The Kier molecular flexibility index (Phi) is 3.78. The summed E-state index contributed by atoms with van der Waals surface area (Å²) in [5.41, 5.74) is 7.41. The number of hydrogen-bond donors (Lipinski definition) is 3. The molecule has 0 saturated heterocycles. The van der Waals surface area contributed by atoms with Crippen LogP contribution >= 0.6 is 11.3 Å². The molecule has 0 spiro atoms. The lowest BCUT2D eigenvalue weighted by molar-refractivity contribution is 0.0690. The van der Waals surface area contributed by atoms with Crippen molar-refractivity contribution >= 4 is 28.8 Å². The fourth-order valence-corrected chi connectivity index (χ4v) is 2.19. The maximum Gasteiger partial charge on any atom is 0.354 e. The van der Waals surface area contributed by atoms with E-state index in [0.717, 1.165) is 6.42 Å². The topological polar surface area (TPSA) is 88.2 Å². The highest BCUT2D eigenvalue weighted by Gasteiger charge is 2.08. The minimum atomic E-state index is -1.06. The van der Waals surface area contributed by atoms with Gasteiger partial charge in [0.1, 0.15) is 5.82 Å². The molecule has 0 radical (unpaired) electrons. The predicted octanol–water partition coefficient (Wildman–Crippen LogP) is 2.08. The summed E-state index contributed by atoms with van der Waals surface area (Å²) in [6.45, 7) is 0.664. The number of nitrogens with zero attached hydrogens (tertiary/aromatic N) is 1. The zero-order valence-electron chi connectivity index (χ0n) is 9.59. The van der Waals surface area contributed by atoms with Crippen molar-refractivity contribution in [2.75, 3.05) is 17.6 Å². The van der Waals surface area contributed by atoms with Crippen molar-refractivity contribution in [1.82, 2.24) is 4.98 Å². The van der Waals surface area contributed by atoms with E-state index in [0.29, 0.717) is 18.1 Å². The second-order valence-electron chi connectivity index (χ2n) is 3.75. The van der Waals surface area contributed by atoms with Crippen LogP contribution in [0.4, 0.5) is 11.5 Å². The molecule has 0 aliphatic heterocycles. The van der Waals surface area contributed by atoms with Crippen molar-refractivity contribution in [3.63, 3.8) is 0 Å². The molecule has 2 aromatic rings. The molecule has 18 heavy (non-hydrogen) atoms. The minimum absolute atomic E-state index is 0.0118. The van der Waals surface area contributed by atoms with Gasteiger partial charge in [-0.15, -0.1) is 0 Å². The van der Waals surface area contributed by atoms with Gasteiger partial charge in [0.15, 0.2) is 5.69 Å². The van der Waals surface area contributed by atoms with E-state index in [1.54, 1.807) is 17.4 Å². The number of nitrogens with one attached hydrogen (secondary N) is 1. The molecule has 94 valence electrons. The number of nitrogen functional groups attached to an aromatic ring is 1. The fraction of sp³-hybridized carbons (Fsp3) is 0.167. The molecule has 2 rings (SSSR count). The first kappa shape index (κ1) is 12.4. The van der Waals surface area contributed by atoms with Crippen molar-refractivity contribution in [2.45, 2.75) is 6.42 Å². The number of carbonyl (C=O) groups is 1. The van der Waals surface area contributed by atoms with Gasteiger partial charge in [0.05, 0.1) is 5.69 Å². The minimum Gasteiger partial charge on any atom is -0.477 e. The summed E-state index contributed by atoms with van der Waals surface area (Å²) in [5, 5.41) is 16.0. The first-order chi connectivity index (χ1) is 8.66. The molecule has 0 fully saturated rings. The van der Waals surface area contributed by atoms with Crippen LogP contribution in [0.3, 0.4) is 0 Å². The standard InChI is InChI=1S/C12H13N3O2S/c13-9-1-2-10(12(16)17)15-11(9)14-5-3-8-4-6-18-7-8/h1-2,4,6-7H,3,5,13H2,(H,14,15)(H,16,17). The molecule has 4 N–H and O–H groups in total. The average Bonchev–Trinajstić information content (AvgIpc) is 2.84. The van der Waals surface area contributed by atoms with Crippen molar-refractivity contribution in [3.8, 4) is 0 Å². The Hall–Kier alpha value is -2.08. The first-order valence-electron chi connectivity index (χ1n) is 5.41. The number of aromatic nitrogens is 1. The summed E-state index contributed by atoms with van der Waals surface area (Å²) < 4.78 is 0. The number of hydrogen-bond acceptors (Lipinski definition) is 5. The van der Waals surface area contributed by atoms with Gasteiger partial charge in [0.2, 0.25) is 0 Å². The van der Waals surface area contributed by atoms with Gasteiger partial charge in [-0.1, -0.05) is 0 Å². The van der Waals surface area contributed by atoms with E-state index in [-0.39, 0.29) is 5.69 Å². The first-order valence-corrected chi connectivity index (χ1v) is 6.36. The summed E-state index contributed by atoms with van der Waals surface area (Å²) >= 11 is 1.65. The van der Waals surface area contributed by atoms with Crippen LogP contribution in [0.15, 0.2) is 29.0 Å². The van der Waals surface area contributed by atoms with E-state index < -0.39 is 5.97 Å². The summed E-state index contributed by atoms with van der Waals surface area (Å²) in [6, 6.07) is 4.99. The van der Waals surface area contributed by atoms with Crippen molar-refractivity contribution in [1.29, 1.82) is 0 Å². The van der Waals surface area contributed by atoms with Gasteiger partial charge < -0.3 is 16.2 Å². The lowest BCUT2D eigenvalue weighted by atomic mass is 10.2. The number of nitrogens with two attached hydrogens (primary N) is 1. The highest BCUT2D eigenvalue weighted by molar-refractivity contribution is 7.07. The number of rotatable bonds is 5. The smallest absolute Gasteiger partial charge is 0.354 e. The van der Waals surface area contributed by atoms with Crippen LogP contribution in [0.5, 0.6) is 0 Å². The van der Waals surface area contributed by atoms with E-state index in [1.807, 2.05) is 5.38 Å². The van der Waals surface area contributed by atoms with Gasteiger partial charge in [-0.25, -0.2) is 9.78 Å². The van der Waals surface area contributed by atoms with Gasteiger partial charge in [0.25, 0.3) is 0 Å². The molecule has 0 amide bonds. The summed E-state index contributed by atoms with van der Waals surface area (Å²) in [4.78, 5) is 14.8. The van der Waals surface area contributed by atoms with Crippen LogP contribution in [0.2, 0.25) is 0 Å². The molecule has 0 saturated carbocycles. The quantitative estimate of drug-likeness (QED) is 0.768. The second kappa shape index (κ2) is 5.50.